The summed E-state index contributed by atoms with van der Waals surface area (Å²) in [5, 5.41) is 0.0242. The molecule has 1 amide bonds. The second-order valence-electron chi connectivity index (χ2n) is 5.36. The fourth-order valence-electron chi connectivity index (χ4n) is 2.41. The lowest BCUT2D eigenvalue weighted by molar-refractivity contribution is -0.137. The van der Waals surface area contributed by atoms with Crippen molar-refractivity contribution in [3.63, 3.8) is 0 Å². The Hall–Kier alpha value is -3.07. The monoisotopic (exact) mass is 381 g/mol. The number of anilines is 1. The number of aromatic nitrogens is 3. The number of H-pyrrole nitrogens is 1. The highest BCUT2D eigenvalue weighted by Gasteiger charge is 2.31. The molecule has 10 heteroatoms. The standard InChI is InChI=1S/C16H11ClF3N5O/c17-10-2-1-7(16(18,19)20)3-8(10)14-9(15(22)26)4-12(25-14)11-5-13(21)24-6-23-11/h1-6,25H,(H2,22,26)(H2,21,23,24). The second kappa shape index (κ2) is 6.34. The summed E-state index contributed by atoms with van der Waals surface area (Å²) in [6, 6.07) is 5.61. The second-order valence-corrected chi connectivity index (χ2v) is 5.76. The van der Waals surface area contributed by atoms with Crippen molar-refractivity contribution in [2.24, 2.45) is 5.73 Å². The maximum Gasteiger partial charge on any atom is 0.416 e. The van der Waals surface area contributed by atoms with E-state index in [0.717, 1.165) is 18.2 Å². The fourth-order valence-corrected chi connectivity index (χ4v) is 2.62. The number of benzene rings is 1. The molecule has 6 nitrogen and oxygen atoms in total. The molecule has 2 aromatic heterocycles. The van der Waals surface area contributed by atoms with E-state index in [0.29, 0.717) is 11.4 Å². The molecular formula is C16H11ClF3N5O. The first kappa shape index (κ1) is 17.7. The Labute approximate surface area is 150 Å². The molecule has 3 aromatic rings. The number of alkyl halides is 3. The predicted octanol–water partition coefficient (Wildman–Crippen LogP) is 3.49. The van der Waals surface area contributed by atoms with Gasteiger partial charge < -0.3 is 16.5 Å². The average Bonchev–Trinajstić information content (AvgIpc) is 2.99. The zero-order valence-electron chi connectivity index (χ0n) is 12.9. The summed E-state index contributed by atoms with van der Waals surface area (Å²) in [6.45, 7) is 0. The van der Waals surface area contributed by atoms with Crippen LogP contribution in [-0.2, 0) is 6.18 Å². The molecule has 26 heavy (non-hydrogen) atoms. The lowest BCUT2D eigenvalue weighted by atomic mass is 10.0. The van der Waals surface area contributed by atoms with Crippen LogP contribution in [-0.4, -0.2) is 20.9 Å². The summed E-state index contributed by atoms with van der Waals surface area (Å²) in [7, 11) is 0. The van der Waals surface area contributed by atoms with Gasteiger partial charge in [0.2, 0.25) is 0 Å². The first-order valence-electron chi connectivity index (χ1n) is 7.14. The number of carbonyl (C=O) groups is 1. The molecular weight excluding hydrogens is 371 g/mol. The van der Waals surface area contributed by atoms with Crippen molar-refractivity contribution in [3.8, 4) is 22.6 Å². The van der Waals surface area contributed by atoms with Gasteiger partial charge in [-0.2, -0.15) is 13.2 Å². The van der Waals surface area contributed by atoms with E-state index in [1.807, 2.05) is 0 Å². The minimum absolute atomic E-state index is 0.0106. The molecule has 0 bridgehead atoms. The SMILES string of the molecule is NC(=O)c1cc(-c2cc(N)ncn2)[nH]c1-c1cc(C(F)(F)F)ccc1Cl. The van der Waals surface area contributed by atoms with E-state index in [-0.39, 0.29) is 27.7 Å². The normalized spacial score (nSPS) is 11.5. The van der Waals surface area contributed by atoms with E-state index in [2.05, 4.69) is 15.0 Å². The number of hydrogen-bond acceptors (Lipinski definition) is 4. The van der Waals surface area contributed by atoms with Gasteiger partial charge in [-0.25, -0.2) is 9.97 Å². The van der Waals surface area contributed by atoms with Gasteiger partial charge in [-0.15, -0.1) is 0 Å². The predicted molar refractivity (Wildman–Crippen MR) is 90.2 cm³/mol. The van der Waals surface area contributed by atoms with Crippen molar-refractivity contribution in [2.75, 3.05) is 5.73 Å². The minimum atomic E-state index is -4.57. The van der Waals surface area contributed by atoms with Crippen LogP contribution in [0.3, 0.4) is 0 Å². The number of carbonyl (C=O) groups excluding carboxylic acids is 1. The maximum atomic E-state index is 13.0. The first-order chi connectivity index (χ1) is 12.2. The van der Waals surface area contributed by atoms with Gasteiger partial charge in [-0.1, -0.05) is 11.6 Å². The van der Waals surface area contributed by atoms with E-state index in [9.17, 15) is 18.0 Å². The third-order valence-electron chi connectivity index (χ3n) is 3.61. The van der Waals surface area contributed by atoms with Crippen molar-refractivity contribution >= 4 is 23.3 Å². The number of nitrogens with one attached hydrogen (secondary N) is 1. The highest BCUT2D eigenvalue weighted by molar-refractivity contribution is 6.33. The van der Waals surface area contributed by atoms with Gasteiger partial charge in [0.25, 0.3) is 5.91 Å². The molecule has 0 radical (unpaired) electrons. The molecule has 0 saturated carbocycles. The average molecular weight is 382 g/mol. The van der Waals surface area contributed by atoms with Crippen molar-refractivity contribution < 1.29 is 18.0 Å². The third kappa shape index (κ3) is 3.33. The van der Waals surface area contributed by atoms with Crippen LogP contribution < -0.4 is 11.5 Å². The first-order valence-corrected chi connectivity index (χ1v) is 7.52. The Morgan fingerprint density at radius 1 is 1.15 bits per heavy atom. The third-order valence-corrected chi connectivity index (χ3v) is 3.94. The Bertz CT molecular complexity index is 1000. The van der Waals surface area contributed by atoms with Gasteiger partial charge in [0.15, 0.2) is 0 Å². The van der Waals surface area contributed by atoms with E-state index >= 15 is 0 Å². The lowest BCUT2D eigenvalue weighted by Gasteiger charge is -2.10. The highest BCUT2D eigenvalue weighted by Crippen LogP contribution is 2.37. The van der Waals surface area contributed by atoms with Crippen LogP contribution in [0.5, 0.6) is 0 Å². The molecule has 0 unspecified atom stereocenters. The largest absolute Gasteiger partial charge is 0.416 e. The van der Waals surface area contributed by atoms with Gasteiger partial charge in [0.1, 0.15) is 12.1 Å². The van der Waals surface area contributed by atoms with Gasteiger partial charge in [0.05, 0.1) is 28.2 Å². The number of hydrogen-bond donors (Lipinski definition) is 3. The number of halogens is 4. The van der Waals surface area contributed by atoms with Crippen molar-refractivity contribution in [1.82, 2.24) is 15.0 Å². The summed E-state index contributed by atoms with van der Waals surface area (Å²) >= 11 is 6.05. The zero-order chi connectivity index (χ0) is 19.1. The summed E-state index contributed by atoms with van der Waals surface area (Å²) in [5.41, 5.74) is 10.7. The molecule has 0 atom stereocenters. The number of nitrogens with two attached hydrogens (primary N) is 2. The van der Waals surface area contributed by atoms with Gasteiger partial charge in [-0.3, -0.25) is 4.79 Å². The molecule has 0 fully saturated rings. The number of primary amides is 1. The Balaban J connectivity index is 2.21. The summed E-state index contributed by atoms with van der Waals surface area (Å²) in [6.07, 6.45) is -3.35. The van der Waals surface area contributed by atoms with Gasteiger partial charge in [-0.05, 0) is 24.3 Å². The molecule has 3 rings (SSSR count). The van der Waals surface area contributed by atoms with Gasteiger partial charge >= 0.3 is 6.18 Å². The highest BCUT2D eigenvalue weighted by atomic mass is 35.5. The van der Waals surface area contributed by atoms with Crippen LogP contribution in [0.15, 0.2) is 36.7 Å². The lowest BCUT2D eigenvalue weighted by Crippen LogP contribution is -2.11. The topological polar surface area (TPSA) is 111 Å². The maximum absolute atomic E-state index is 13.0. The molecule has 0 aliphatic heterocycles. The molecule has 1 aromatic carbocycles. The minimum Gasteiger partial charge on any atom is -0.384 e. The quantitative estimate of drug-likeness (QED) is 0.644. The molecule has 0 aliphatic rings. The summed E-state index contributed by atoms with van der Waals surface area (Å²) < 4.78 is 39.0. The Morgan fingerprint density at radius 3 is 2.50 bits per heavy atom. The number of aromatic amines is 1. The molecule has 5 N–H and O–H groups in total. The molecule has 134 valence electrons. The number of nitrogens with zero attached hydrogens (tertiary/aromatic N) is 2. The Kier molecular flexibility index (Phi) is 4.33. The van der Waals surface area contributed by atoms with Crippen LogP contribution in [0.1, 0.15) is 15.9 Å². The van der Waals surface area contributed by atoms with E-state index in [1.54, 1.807) is 0 Å². The molecule has 0 saturated heterocycles. The van der Waals surface area contributed by atoms with Crippen molar-refractivity contribution in [1.29, 1.82) is 0 Å². The van der Waals surface area contributed by atoms with Crippen LogP contribution in [0.4, 0.5) is 19.0 Å². The van der Waals surface area contributed by atoms with Crippen molar-refractivity contribution in [2.45, 2.75) is 6.18 Å². The van der Waals surface area contributed by atoms with Crippen LogP contribution >= 0.6 is 11.6 Å². The van der Waals surface area contributed by atoms with Crippen molar-refractivity contribution in [3.05, 3.63) is 52.8 Å². The van der Waals surface area contributed by atoms with Crippen LogP contribution in [0, 0.1) is 0 Å². The fraction of sp³-hybridized carbons (Fsp3) is 0.0625. The molecule has 0 spiro atoms. The molecule has 0 aliphatic carbocycles. The van der Waals surface area contributed by atoms with E-state index < -0.39 is 17.6 Å². The number of nitrogen functional groups attached to an aromatic ring is 1. The van der Waals surface area contributed by atoms with E-state index in [1.165, 1.54) is 18.5 Å². The number of rotatable bonds is 3. The Morgan fingerprint density at radius 2 is 1.88 bits per heavy atom. The van der Waals surface area contributed by atoms with Crippen LogP contribution in [0.2, 0.25) is 5.02 Å². The zero-order valence-corrected chi connectivity index (χ0v) is 13.7. The van der Waals surface area contributed by atoms with E-state index in [4.69, 9.17) is 23.1 Å². The smallest absolute Gasteiger partial charge is 0.384 e. The number of amides is 1. The summed E-state index contributed by atoms with van der Waals surface area (Å²) in [5.74, 6) is -0.651. The van der Waals surface area contributed by atoms with Crippen LogP contribution in [0.25, 0.3) is 22.6 Å². The summed E-state index contributed by atoms with van der Waals surface area (Å²) in [4.78, 5) is 22.4. The molecule has 2 heterocycles. The van der Waals surface area contributed by atoms with Gasteiger partial charge in [0, 0.05) is 16.7 Å².